The van der Waals surface area contributed by atoms with Gasteiger partial charge in [0.25, 0.3) is 5.91 Å². The highest BCUT2D eigenvalue weighted by Crippen LogP contribution is 2.13. The van der Waals surface area contributed by atoms with E-state index in [9.17, 15) is 14.7 Å². The van der Waals surface area contributed by atoms with Gasteiger partial charge in [0.1, 0.15) is 5.76 Å². The van der Waals surface area contributed by atoms with E-state index in [1.165, 1.54) is 6.92 Å². The summed E-state index contributed by atoms with van der Waals surface area (Å²) in [6.07, 6.45) is -0.911. The molecule has 0 unspecified atom stereocenters. The predicted octanol–water partition coefficient (Wildman–Crippen LogP) is 2.83. The highest BCUT2D eigenvalue weighted by molar-refractivity contribution is 6.02. The molecular formula is C13H15N3O4. The van der Waals surface area contributed by atoms with Crippen molar-refractivity contribution in [1.82, 2.24) is 5.32 Å². The van der Waals surface area contributed by atoms with Crippen LogP contribution >= 0.6 is 0 Å². The molecule has 20 heavy (non-hydrogen) atoms. The van der Waals surface area contributed by atoms with Crippen LogP contribution in [0.1, 0.15) is 13.8 Å². The van der Waals surface area contributed by atoms with Crippen molar-refractivity contribution in [2.75, 3.05) is 6.61 Å². The first-order chi connectivity index (χ1) is 9.54. The first-order valence-electron chi connectivity index (χ1n) is 5.89. The van der Waals surface area contributed by atoms with Crippen LogP contribution in [0.4, 0.5) is 10.5 Å². The first kappa shape index (κ1) is 15.4. The van der Waals surface area contributed by atoms with Crippen LogP contribution in [0.5, 0.6) is 0 Å². The van der Waals surface area contributed by atoms with Gasteiger partial charge in [-0.3, -0.25) is 10.1 Å². The summed E-state index contributed by atoms with van der Waals surface area (Å²) in [5, 5.41) is 18.8. The molecule has 2 N–H and O–H groups in total. The highest BCUT2D eigenvalue weighted by Gasteiger charge is 2.16. The van der Waals surface area contributed by atoms with Crippen molar-refractivity contribution in [2.24, 2.45) is 10.2 Å². The summed E-state index contributed by atoms with van der Waals surface area (Å²) in [4.78, 5) is 22.8. The fraction of sp³-hybridized carbons (Fsp3) is 0.231. The summed E-state index contributed by atoms with van der Waals surface area (Å²) < 4.78 is 4.56. The Kier molecular flexibility index (Phi) is 5.89. The van der Waals surface area contributed by atoms with Gasteiger partial charge >= 0.3 is 6.09 Å². The fourth-order valence-corrected chi connectivity index (χ4v) is 1.20. The molecule has 0 aromatic heterocycles. The van der Waals surface area contributed by atoms with Gasteiger partial charge in [0.2, 0.25) is 0 Å². The molecule has 7 nitrogen and oxygen atoms in total. The normalized spacial score (nSPS) is 11.9. The number of carbonyl (C=O) groups is 2. The molecule has 1 aromatic rings. The standard InChI is InChI=1S/C13H15N3O4/c1-3-20-13(19)14-12(18)11(9(2)17)16-15-10-7-5-4-6-8-10/h4-8,17H,3H2,1-2H3,(H,14,18,19)/b11-9+,16-15?. The monoisotopic (exact) mass is 277 g/mol. The summed E-state index contributed by atoms with van der Waals surface area (Å²) in [5.74, 6) is -1.24. The topological polar surface area (TPSA) is 100 Å². The molecule has 0 fully saturated rings. The Morgan fingerprint density at radius 1 is 1.30 bits per heavy atom. The molecule has 0 spiro atoms. The lowest BCUT2D eigenvalue weighted by molar-refractivity contribution is -0.117. The van der Waals surface area contributed by atoms with E-state index in [1.807, 2.05) is 5.32 Å². The van der Waals surface area contributed by atoms with Crippen LogP contribution in [-0.4, -0.2) is 23.7 Å². The molecule has 0 aliphatic heterocycles. The van der Waals surface area contributed by atoms with Crippen molar-refractivity contribution in [3.63, 3.8) is 0 Å². The third kappa shape index (κ3) is 4.89. The molecule has 1 rings (SSSR count). The molecule has 0 aliphatic carbocycles. The number of benzene rings is 1. The maximum atomic E-state index is 11.7. The third-order valence-electron chi connectivity index (χ3n) is 2.07. The second kappa shape index (κ2) is 7.67. The molecule has 7 heteroatoms. The number of aliphatic hydroxyl groups excluding tert-OH is 1. The summed E-state index contributed by atoms with van der Waals surface area (Å²) in [5.41, 5.74) is 0.150. The fourth-order valence-electron chi connectivity index (χ4n) is 1.20. The van der Waals surface area contributed by atoms with Crippen LogP contribution in [-0.2, 0) is 9.53 Å². The summed E-state index contributed by atoms with van der Waals surface area (Å²) >= 11 is 0. The highest BCUT2D eigenvalue weighted by atomic mass is 16.5. The maximum absolute atomic E-state index is 11.7. The predicted molar refractivity (Wildman–Crippen MR) is 71.5 cm³/mol. The Hall–Kier alpha value is -2.70. The van der Waals surface area contributed by atoms with Gasteiger partial charge in [0.05, 0.1) is 12.3 Å². The SMILES string of the molecule is CCOC(=O)NC(=O)/C(N=Nc1ccccc1)=C(/C)O. The Bertz CT molecular complexity index is 534. The number of hydrogen-bond donors (Lipinski definition) is 2. The molecule has 0 heterocycles. The molecule has 2 amide bonds. The number of rotatable bonds is 4. The van der Waals surface area contributed by atoms with Crippen LogP contribution in [0, 0.1) is 0 Å². The number of hydrogen-bond acceptors (Lipinski definition) is 6. The van der Waals surface area contributed by atoms with Crippen LogP contribution in [0.2, 0.25) is 0 Å². The summed E-state index contributed by atoms with van der Waals surface area (Å²) in [7, 11) is 0. The zero-order valence-corrected chi connectivity index (χ0v) is 11.2. The molecule has 0 atom stereocenters. The van der Waals surface area contributed by atoms with E-state index < -0.39 is 12.0 Å². The molecule has 0 saturated heterocycles. The quantitative estimate of drug-likeness (QED) is 0.502. The maximum Gasteiger partial charge on any atom is 0.414 e. The van der Waals surface area contributed by atoms with E-state index in [-0.39, 0.29) is 18.1 Å². The molecule has 0 bridgehead atoms. The first-order valence-corrected chi connectivity index (χ1v) is 5.89. The minimum atomic E-state index is -0.911. The van der Waals surface area contributed by atoms with E-state index in [0.717, 1.165) is 0 Å². The largest absolute Gasteiger partial charge is 0.510 e. The lowest BCUT2D eigenvalue weighted by Gasteiger charge is -2.04. The van der Waals surface area contributed by atoms with Gasteiger partial charge in [-0.05, 0) is 26.0 Å². The summed E-state index contributed by atoms with van der Waals surface area (Å²) in [6, 6.07) is 8.67. The molecule has 1 aromatic carbocycles. The minimum absolute atomic E-state index is 0.127. The number of amides is 2. The van der Waals surface area contributed by atoms with E-state index in [1.54, 1.807) is 37.3 Å². The average Bonchev–Trinajstić information content (AvgIpc) is 2.39. The van der Waals surface area contributed by atoms with E-state index in [4.69, 9.17) is 0 Å². The second-order valence-corrected chi connectivity index (χ2v) is 3.64. The van der Waals surface area contributed by atoms with Crippen molar-refractivity contribution in [2.45, 2.75) is 13.8 Å². The number of alkyl carbamates (subject to hydrolysis) is 1. The van der Waals surface area contributed by atoms with Crippen molar-refractivity contribution in [3.05, 3.63) is 41.8 Å². The van der Waals surface area contributed by atoms with Gasteiger partial charge in [-0.2, -0.15) is 5.11 Å². The minimum Gasteiger partial charge on any atom is -0.510 e. The van der Waals surface area contributed by atoms with Crippen LogP contribution < -0.4 is 5.32 Å². The third-order valence-corrected chi connectivity index (χ3v) is 2.07. The zero-order chi connectivity index (χ0) is 15.0. The van der Waals surface area contributed by atoms with Crippen molar-refractivity contribution in [1.29, 1.82) is 0 Å². The Labute approximate surface area is 116 Å². The van der Waals surface area contributed by atoms with E-state index >= 15 is 0 Å². The lowest BCUT2D eigenvalue weighted by Crippen LogP contribution is -2.32. The number of azo groups is 1. The molecule has 0 saturated carbocycles. The van der Waals surface area contributed by atoms with Gasteiger partial charge in [-0.1, -0.05) is 18.2 Å². The van der Waals surface area contributed by atoms with Gasteiger partial charge in [-0.25, -0.2) is 4.79 Å². The Morgan fingerprint density at radius 3 is 2.50 bits per heavy atom. The van der Waals surface area contributed by atoms with Crippen molar-refractivity contribution >= 4 is 17.7 Å². The molecule has 0 aliphatic rings. The zero-order valence-electron chi connectivity index (χ0n) is 11.2. The van der Waals surface area contributed by atoms with Crippen LogP contribution in [0.3, 0.4) is 0 Å². The van der Waals surface area contributed by atoms with Crippen LogP contribution in [0.25, 0.3) is 0 Å². The Balaban J connectivity index is 2.81. The number of allylic oxidation sites excluding steroid dienone is 1. The van der Waals surface area contributed by atoms with E-state index in [2.05, 4.69) is 15.0 Å². The van der Waals surface area contributed by atoms with Gasteiger partial charge in [0.15, 0.2) is 5.70 Å². The number of nitrogens with zero attached hydrogens (tertiary/aromatic N) is 2. The van der Waals surface area contributed by atoms with Gasteiger partial charge < -0.3 is 9.84 Å². The number of ether oxygens (including phenoxy) is 1. The smallest absolute Gasteiger partial charge is 0.414 e. The Morgan fingerprint density at radius 2 is 1.95 bits per heavy atom. The molecule has 106 valence electrons. The number of imide groups is 1. The number of aliphatic hydroxyl groups is 1. The van der Waals surface area contributed by atoms with Crippen LogP contribution in [0.15, 0.2) is 52.0 Å². The van der Waals surface area contributed by atoms with Crippen molar-refractivity contribution < 1.29 is 19.4 Å². The average molecular weight is 277 g/mol. The van der Waals surface area contributed by atoms with Gasteiger partial charge in [-0.15, -0.1) is 5.11 Å². The lowest BCUT2D eigenvalue weighted by atomic mass is 10.3. The summed E-state index contributed by atoms with van der Waals surface area (Å²) in [6.45, 7) is 3.00. The van der Waals surface area contributed by atoms with Gasteiger partial charge in [0, 0.05) is 0 Å². The molecule has 0 radical (unpaired) electrons. The second-order valence-electron chi connectivity index (χ2n) is 3.64. The number of carbonyl (C=O) groups excluding carboxylic acids is 2. The van der Waals surface area contributed by atoms with E-state index in [0.29, 0.717) is 5.69 Å². The number of nitrogens with one attached hydrogen (secondary N) is 1. The molecular weight excluding hydrogens is 262 g/mol. The van der Waals surface area contributed by atoms with Crippen molar-refractivity contribution in [3.8, 4) is 0 Å².